The van der Waals surface area contributed by atoms with E-state index in [-0.39, 0.29) is 12.5 Å². The predicted molar refractivity (Wildman–Crippen MR) is 96.3 cm³/mol. The predicted octanol–water partition coefficient (Wildman–Crippen LogP) is 3.29. The number of carboxylic acids is 1. The van der Waals surface area contributed by atoms with E-state index in [2.05, 4.69) is 0 Å². The molecule has 2 unspecified atom stereocenters. The Balaban J connectivity index is 1.67. The van der Waals surface area contributed by atoms with Crippen LogP contribution in [-0.2, 0) is 9.53 Å². The van der Waals surface area contributed by atoms with Crippen molar-refractivity contribution in [1.29, 1.82) is 0 Å². The second kappa shape index (κ2) is 8.12. The molecule has 2 aromatic rings. The molecule has 29 heavy (non-hydrogen) atoms. The van der Waals surface area contributed by atoms with Crippen molar-refractivity contribution in [2.45, 2.75) is 30.7 Å². The fourth-order valence-corrected chi connectivity index (χ4v) is 3.36. The normalized spacial score (nSPS) is 15.2. The lowest BCUT2D eigenvalue weighted by Gasteiger charge is -2.20. The lowest BCUT2D eigenvalue weighted by molar-refractivity contribution is -0.207. The molecule has 3 N–H and O–H groups in total. The van der Waals surface area contributed by atoms with E-state index < -0.39 is 36.8 Å². The van der Waals surface area contributed by atoms with Crippen molar-refractivity contribution in [2.24, 2.45) is 0 Å². The van der Waals surface area contributed by atoms with Crippen molar-refractivity contribution in [2.75, 3.05) is 6.61 Å². The Morgan fingerprint density at radius 1 is 1.03 bits per heavy atom. The van der Waals surface area contributed by atoms with Crippen molar-refractivity contribution < 1.29 is 37.7 Å². The van der Waals surface area contributed by atoms with E-state index in [1.807, 2.05) is 53.8 Å². The molecule has 0 saturated carbocycles. The van der Waals surface area contributed by atoms with Gasteiger partial charge < -0.3 is 20.3 Å². The summed E-state index contributed by atoms with van der Waals surface area (Å²) in [6.07, 6.45) is -10.3. The number of benzene rings is 2. The smallest absolute Gasteiger partial charge is 0.414 e. The molecule has 1 amide bonds. The summed E-state index contributed by atoms with van der Waals surface area (Å²) < 4.78 is 42.5. The Labute approximate surface area is 163 Å². The maximum absolute atomic E-state index is 12.5. The second-order valence-electron chi connectivity index (χ2n) is 6.65. The van der Waals surface area contributed by atoms with E-state index in [0.717, 1.165) is 22.3 Å². The number of ether oxygens (including phenoxy) is 1. The quantitative estimate of drug-likeness (QED) is 0.681. The Morgan fingerprint density at radius 2 is 1.55 bits per heavy atom. The van der Waals surface area contributed by atoms with Crippen molar-refractivity contribution in [1.82, 2.24) is 5.32 Å². The van der Waals surface area contributed by atoms with Gasteiger partial charge in [0.15, 0.2) is 6.10 Å². The number of carbonyl (C=O) groups is 2. The number of aliphatic hydroxyl groups excluding tert-OH is 1. The van der Waals surface area contributed by atoms with Crippen LogP contribution in [0, 0.1) is 0 Å². The summed E-state index contributed by atoms with van der Waals surface area (Å²) >= 11 is 0. The first-order valence-electron chi connectivity index (χ1n) is 8.77. The third-order valence-corrected chi connectivity index (χ3v) is 4.77. The Hall–Kier alpha value is -3.07. The van der Waals surface area contributed by atoms with Crippen molar-refractivity contribution >= 4 is 12.1 Å². The maximum atomic E-state index is 12.5. The van der Waals surface area contributed by atoms with E-state index in [4.69, 9.17) is 14.9 Å². The number of rotatable bonds is 6. The lowest BCUT2D eigenvalue weighted by Crippen LogP contribution is -2.46. The number of aliphatic carboxylic acids is 1. The highest BCUT2D eigenvalue weighted by atomic mass is 19.4. The molecule has 0 saturated heterocycles. The topological polar surface area (TPSA) is 95.9 Å². The van der Waals surface area contributed by atoms with Crippen LogP contribution in [0.15, 0.2) is 48.5 Å². The number of amides is 1. The van der Waals surface area contributed by atoms with Crippen molar-refractivity contribution in [3.05, 3.63) is 59.7 Å². The third-order valence-electron chi connectivity index (χ3n) is 4.77. The minimum atomic E-state index is -4.99. The van der Waals surface area contributed by atoms with Crippen LogP contribution < -0.4 is 5.32 Å². The number of carboxylic acid groups (broad SMARTS) is 1. The summed E-state index contributed by atoms with van der Waals surface area (Å²) in [6, 6.07) is 13.2. The van der Waals surface area contributed by atoms with Crippen LogP contribution >= 0.6 is 0 Å². The van der Waals surface area contributed by atoms with E-state index in [0.29, 0.717) is 0 Å². The van der Waals surface area contributed by atoms with Gasteiger partial charge >= 0.3 is 18.2 Å². The van der Waals surface area contributed by atoms with Gasteiger partial charge in [0.05, 0.1) is 0 Å². The molecule has 6 nitrogen and oxygen atoms in total. The average Bonchev–Trinajstić information content (AvgIpc) is 2.99. The third kappa shape index (κ3) is 4.51. The van der Waals surface area contributed by atoms with Crippen LogP contribution in [0.2, 0.25) is 0 Å². The first-order chi connectivity index (χ1) is 13.7. The molecule has 0 bridgehead atoms. The molecular formula is C20H18F3NO5. The molecule has 9 heteroatoms. The zero-order valence-corrected chi connectivity index (χ0v) is 15.0. The molecule has 0 radical (unpaired) electrons. The fraction of sp³-hybridized carbons (Fsp3) is 0.300. The van der Waals surface area contributed by atoms with Gasteiger partial charge in [0.1, 0.15) is 12.6 Å². The molecule has 0 aromatic heterocycles. The van der Waals surface area contributed by atoms with E-state index in [1.54, 1.807) is 0 Å². The number of hydrogen-bond donors (Lipinski definition) is 3. The maximum Gasteiger partial charge on any atom is 0.414 e. The molecule has 0 heterocycles. The molecule has 0 spiro atoms. The van der Waals surface area contributed by atoms with Crippen LogP contribution in [0.25, 0.3) is 11.1 Å². The van der Waals surface area contributed by atoms with Crippen LogP contribution in [0.3, 0.4) is 0 Å². The molecule has 0 aliphatic heterocycles. The lowest BCUT2D eigenvalue weighted by atomic mass is 9.98. The van der Waals surface area contributed by atoms with Crippen LogP contribution in [-0.4, -0.2) is 47.2 Å². The number of alkyl halides is 3. The SMILES string of the molecule is O=C(NC(CC(O)C(F)(F)F)C(=O)O)OCC1c2ccccc2-c2ccccc21. The molecule has 1 aliphatic carbocycles. The molecule has 2 aromatic carbocycles. The molecule has 2 atom stereocenters. The highest BCUT2D eigenvalue weighted by Gasteiger charge is 2.41. The highest BCUT2D eigenvalue weighted by Crippen LogP contribution is 2.44. The Bertz CT molecular complexity index is 869. The zero-order chi connectivity index (χ0) is 21.2. The number of hydrogen-bond acceptors (Lipinski definition) is 4. The van der Waals surface area contributed by atoms with E-state index >= 15 is 0 Å². The van der Waals surface area contributed by atoms with E-state index in [1.165, 1.54) is 0 Å². The number of aliphatic hydroxyl groups is 1. The van der Waals surface area contributed by atoms with Crippen LogP contribution in [0.1, 0.15) is 23.5 Å². The van der Waals surface area contributed by atoms with Gasteiger partial charge in [0.2, 0.25) is 0 Å². The summed E-state index contributed by atoms with van der Waals surface area (Å²) in [6.45, 7) is -0.117. The monoisotopic (exact) mass is 409 g/mol. The second-order valence-corrected chi connectivity index (χ2v) is 6.65. The van der Waals surface area contributed by atoms with Crippen molar-refractivity contribution in [3.63, 3.8) is 0 Å². The summed E-state index contributed by atoms with van der Waals surface area (Å²) in [5.74, 6) is -1.99. The van der Waals surface area contributed by atoms with Gasteiger partial charge in [-0.1, -0.05) is 48.5 Å². The summed E-state index contributed by atoms with van der Waals surface area (Å²) in [5, 5.41) is 20.0. The molecule has 0 fully saturated rings. The summed E-state index contributed by atoms with van der Waals surface area (Å²) in [4.78, 5) is 23.1. The van der Waals surface area contributed by atoms with Gasteiger partial charge in [0, 0.05) is 12.3 Å². The standard InChI is InChI=1S/C20H18F3NO5/c21-20(22,23)17(25)9-16(18(26)27)24-19(28)29-10-15-13-7-3-1-5-11(13)12-6-2-4-8-14(12)15/h1-8,15-17,25H,9-10H2,(H,24,28)(H,26,27). The zero-order valence-electron chi connectivity index (χ0n) is 15.0. The number of carbonyl (C=O) groups excluding carboxylic acids is 1. The van der Waals surface area contributed by atoms with Gasteiger partial charge in [-0.05, 0) is 22.3 Å². The van der Waals surface area contributed by atoms with Crippen molar-refractivity contribution in [3.8, 4) is 11.1 Å². The van der Waals surface area contributed by atoms with Gasteiger partial charge in [-0.25, -0.2) is 9.59 Å². The van der Waals surface area contributed by atoms with Gasteiger partial charge in [0.25, 0.3) is 0 Å². The summed E-state index contributed by atoms with van der Waals surface area (Å²) in [7, 11) is 0. The molecule has 1 aliphatic rings. The fourth-order valence-electron chi connectivity index (χ4n) is 3.36. The van der Waals surface area contributed by atoms with Crippen LogP contribution in [0.4, 0.5) is 18.0 Å². The van der Waals surface area contributed by atoms with Gasteiger partial charge in [-0.2, -0.15) is 13.2 Å². The molecular weight excluding hydrogens is 391 g/mol. The average molecular weight is 409 g/mol. The largest absolute Gasteiger partial charge is 0.480 e. The van der Waals surface area contributed by atoms with Crippen LogP contribution in [0.5, 0.6) is 0 Å². The number of alkyl carbamates (subject to hydrolysis) is 1. The molecule has 3 rings (SSSR count). The van der Waals surface area contributed by atoms with E-state index in [9.17, 15) is 22.8 Å². The highest BCUT2D eigenvalue weighted by molar-refractivity contribution is 5.81. The van der Waals surface area contributed by atoms with Gasteiger partial charge in [-0.15, -0.1) is 0 Å². The number of halogens is 3. The first kappa shape index (κ1) is 20.7. The Kier molecular flexibility index (Phi) is 5.78. The minimum Gasteiger partial charge on any atom is -0.480 e. The molecule has 154 valence electrons. The van der Waals surface area contributed by atoms with Gasteiger partial charge in [-0.3, -0.25) is 0 Å². The summed E-state index contributed by atoms with van der Waals surface area (Å²) in [5.41, 5.74) is 3.86. The minimum absolute atomic E-state index is 0.117. The first-order valence-corrected chi connectivity index (χ1v) is 8.77. The Morgan fingerprint density at radius 3 is 2.03 bits per heavy atom. The number of fused-ring (bicyclic) bond motifs is 3. The number of nitrogens with one attached hydrogen (secondary N) is 1.